The fourth-order valence-corrected chi connectivity index (χ4v) is 4.62. The van der Waals surface area contributed by atoms with Crippen LogP contribution in [0.2, 0.25) is 0 Å². The van der Waals surface area contributed by atoms with Crippen LogP contribution in [0.3, 0.4) is 0 Å². The molecule has 0 saturated heterocycles. The number of amides is 1. The van der Waals surface area contributed by atoms with Gasteiger partial charge in [0.15, 0.2) is 0 Å². The van der Waals surface area contributed by atoms with Crippen LogP contribution in [-0.4, -0.2) is 17.0 Å². The maximum atomic E-state index is 12.8. The average Bonchev–Trinajstić information content (AvgIpc) is 3.37. The minimum absolute atomic E-state index is 0.0284. The van der Waals surface area contributed by atoms with Crippen LogP contribution < -0.4 is 5.32 Å². The first-order valence-electron chi connectivity index (χ1n) is 8.41. The Morgan fingerprint density at radius 3 is 2.26 bits per heavy atom. The third kappa shape index (κ3) is 2.28. The fraction of sp³-hybridized carbons (Fsp3) is 0.474. The average molecular weight is 311 g/mol. The molecule has 4 aliphatic rings. The number of carboxylic acid groups (broad SMARTS) is 1. The lowest BCUT2D eigenvalue weighted by molar-refractivity contribution is -0.152. The molecule has 0 aromatic heterocycles. The van der Waals surface area contributed by atoms with Gasteiger partial charge in [-0.3, -0.25) is 9.59 Å². The second-order valence-electron chi connectivity index (χ2n) is 7.03. The quantitative estimate of drug-likeness (QED) is 0.840. The number of aryl methyl sites for hydroxylation is 1. The summed E-state index contributed by atoms with van der Waals surface area (Å²) in [6.45, 7) is 2.09. The second-order valence-corrected chi connectivity index (χ2v) is 7.03. The van der Waals surface area contributed by atoms with Crippen molar-refractivity contribution >= 4 is 17.6 Å². The number of carboxylic acids is 1. The molecule has 4 aliphatic carbocycles. The van der Waals surface area contributed by atoms with E-state index in [0.29, 0.717) is 11.8 Å². The number of hydrogen-bond donors (Lipinski definition) is 2. The van der Waals surface area contributed by atoms with Gasteiger partial charge in [0, 0.05) is 5.69 Å². The van der Waals surface area contributed by atoms with Gasteiger partial charge in [0.05, 0.1) is 11.8 Å². The SMILES string of the molecule is CCc1ccc(NC(=O)[C@H]2[C@@H]3C=C[C@@H]([C@@H]4C[C@H]34)[C@@H]2C(=O)O)cc1. The van der Waals surface area contributed by atoms with E-state index in [9.17, 15) is 14.7 Å². The monoisotopic (exact) mass is 311 g/mol. The third-order valence-electron chi connectivity index (χ3n) is 5.87. The Labute approximate surface area is 135 Å². The van der Waals surface area contributed by atoms with Gasteiger partial charge in [-0.15, -0.1) is 0 Å². The predicted octanol–water partition coefficient (Wildman–Crippen LogP) is 2.96. The summed E-state index contributed by atoms with van der Waals surface area (Å²) in [5, 5.41) is 12.6. The van der Waals surface area contributed by atoms with E-state index >= 15 is 0 Å². The van der Waals surface area contributed by atoms with E-state index in [1.165, 1.54) is 5.56 Å². The molecule has 5 rings (SSSR count). The number of aliphatic carboxylic acids is 1. The summed E-state index contributed by atoms with van der Waals surface area (Å²) >= 11 is 0. The first-order chi connectivity index (χ1) is 11.1. The van der Waals surface area contributed by atoms with Crippen molar-refractivity contribution in [1.29, 1.82) is 0 Å². The van der Waals surface area contributed by atoms with Crippen molar-refractivity contribution in [3.05, 3.63) is 42.0 Å². The van der Waals surface area contributed by atoms with Gasteiger partial charge in [0.1, 0.15) is 0 Å². The highest BCUT2D eigenvalue weighted by atomic mass is 16.4. The molecule has 4 heteroatoms. The molecule has 4 nitrogen and oxygen atoms in total. The van der Waals surface area contributed by atoms with Crippen LogP contribution in [0.25, 0.3) is 0 Å². The summed E-state index contributed by atoms with van der Waals surface area (Å²) in [5.41, 5.74) is 1.96. The first kappa shape index (κ1) is 14.5. The standard InChI is InChI=1S/C19H21NO3/c1-2-10-3-5-11(6-4-10)20-18(21)16-12-7-8-13(15-9-14(12)15)17(16)19(22)23/h3-8,12-17H,2,9H2,1H3,(H,20,21)(H,22,23)/t12-,13+,14-,15+,16+,17+/m1/s1. The summed E-state index contributed by atoms with van der Waals surface area (Å²) in [4.78, 5) is 24.5. The lowest BCUT2D eigenvalue weighted by Crippen LogP contribution is -2.48. The van der Waals surface area contributed by atoms with Crippen molar-refractivity contribution in [1.82, 2.24) is 0 Å². The van der Waals surface area contributed by atoms with Gasteiger partial charge in [-0.05, 0) is 54.2 Å². The number of hydrogen-bond acceptors (Lipinski definition) is 2. The molecule has 2 N–H and O–H groups in total. The van der Waals surface area contributed by atoms with Crippen LogP contribution in [0.1, 0.15) is 18.9 Å². The van der Waals surface area contributed by atoms with E-state index in [-0.39, 0.29) is 17.7 Å². The van der Waals surface area contributed by atoms with E-state index < -0.39 is 17.8 Å². The Hall–Kier alpha value is -2.10. The minimum atomic E-state index is -0.837. The van der Waals surface area contributed by atoms with Crippen LogP contribution in [0.4, 0.5) is 5.69 Å². The first-order valence-corrected chi connectivity index (χ1v) is 8.41. The number of rotatable bonds is 4. The lowest BCUT2D eigenvalue weighted by Gasteiger charge is -2.41. The Morgan fingerprint density at radius 1 is 1.09 bits per heavy atom. The van der Waals surface area contributed by atoms with Crippen molar-refractivity contribution in [2.75, 3.05) is 5.32 Å². The van der Waals surface area contributed by atoms with Crippen molar-refractivity contribution in [3.8, 4) is 0 Å². The summed E-state index contributed by atoms with van der Waals surface area (Å²) in [5.74, 6) is -0.900. The number of carbonyl (C=O) groups is 2. The topological polar surface area (TPSA) is 66.4 Å². The third-order valence-corrected chi connectivity index (χ3v) is 5.87. The largest absolute Gasteiger partial charge is 0.481 e. The maximum absolute atomic E-state index is 12.8. The second kappa shape index (κ2) is 5.22. The normalized spacial score (nSPS) is 36.4. The summed E-state index contributed by atoms with van der Waals surface area (Å²) in [6, 6.07) is 7.77. The van der Waals surface area contributed by atoms with Crippen molar-refractivity contribution < 1.29 is 14.7 Å². The predicted molar refractivity (Wildman–Crippen MR) is 86.8 cm³/mol. The van der Waals surface area contributed by atoms with Crippen molar-refractivity contribution in [2.45, 2.75) is 19.8 Å². The molecule has 0 radical (unpaired) electrons. The van der Waals surface area contributed by atoms with E-state index in [1.807, 2.05) is 30.3 Å². The van der Waals surface area contributed by atoms with Gasteiger partial charge < -0.3 is 10.4 Å². The number of carbonyl (C=O) groups excluding carboxylic acids is 1. The fourth-order valence-electron chi connectivity index (χ4n) is 4.62. The molecule has 0 spiro atoms. The molecule has 2 saturated carbocycles. The van der Waals surface area contributed by atoms with Crippen molar-refractivity contribution in [3.63, 3.8) is 0 Å². The minimum Gasteiger partial charge on any atom is -0.481 e. The Kier molecular flexibility index (Phi) is 3.29. The van der Waals surface area contributed by atoms with Gasteiger partial charge in [-0.2, -0.15) is 0 Å². The van der Waals surface area contributed by atoms with E-state index in [2.05, 4.69) is 18.3 Å². The van der Waals surface area contributed by atoms with E-state index in [4.69, 9.17) is 0 Å². The number of anilines is 1. The molecule has 2 bridgehead atoms. The number of allylic oxidation sites excluding steroid dienone is 2. The zero-order valence-corrected chi connectivity index (χ0v) is 13.1. The van der Waals surface area contributed by atoms with Gasteiger partial charge in [0.25, 0.3) is 0 Å². The molecule has 0 aliphatic heterocycles. The van der Waals surface area contributed by atoms with Crippen LogP contribution in [0.15, 0.2) is 36.4 Å². The molecule has 0 heterocycles. The maximum Gasteiger partial charge on any atom is 0.307 e. The molecular weight excluding hydrogens is 290 g/mol. The van der Waals surface area contributed by atoms with Crippen LogP contribution in [0.5, 0.6) is 0 Å². The van der Waals surface area contributed by atoms with Gasteiger partial charge in [0.2, 0.25) is 5.91 Å². The number of fused-ring (bicyclic) bond motifs is 1. The number of nitrogens with one attached hydrogen (secondary N) is 1. The zero-order valence-electron chi connectivity index (χ0n) is 13.1. The molecule has 1 amide bonds. The smallest absolute Gasteiger partial charge is 0.307 e. The highest BCUT2D eigenvalue weighted by Crippen LogP contribution is 2.63. The summed E-state index contributed by atoms with van der Waals surface area (Å²) in [6.07, 6.45) is 6.15. The lowest BCUT2D eigenvalue weighted by atomic mass is 9.62. The molecule has 1 aromatic carbocycles. The summed E-state index contributed by atoms with van der Waals surface area (Å²) < 4.78 is 0. The van der Waals surface area contributed by atoms with E-state index in [0.717, 1.165) is 18.5 Å². The Bertz CT molecular complexity index is 678. The van der Waals surface area contributed by atoms with Crippen LogP contribution in [-0.2, 0) is 16.0 Å². The van der Waals surface area contributed by atoms with Crippen molar-refractivity contribution in [2.24, 2.45) is 35.5 Å². The van der Waals surface area contributed by atoms with Crippen LogP contribution >= 0.6 is 0 Å². The van der Waals surface area contributed by atoms with Gasteiger partial charge >= 0.3 is 5.97 Å². The Balaban J connectivity index is 1.56. The zero-order chi connectivity index (χ0) is 16.1. The van der Waals surface area contributed by atoms with Gasteiger partial charge in [-0.1, -0.05) is 31.2 Å². The molecule has 6 atom stereocenters. The Morgan fingerprint density at radius 2 is 1.70 bits per heavy atom. The molecular formula is C19H21NO3. The van der Waals surface area contributed by atoms with Crippen LogP contribution in [0, 0.1) is 35.5 Å². The molecule has 23 heavy (non-hydrogen) atoms. The number of benzene rings is 1. The van der Waals surface area contributed by atoms with Gasteiger partial charge in [-0.25, -0.2) is 0 Å². The molecule has 120 valence electrons. The van der Waals surface area contributed by atoms with E-state index in [1.54, 1.807) is 0 Å². The molecule has 2 fully saturated rings. The summed E-state index contributed by atoms with van der Waals surface area (Å²) in [7, 11) is 0. The highest BCUT2D eigenvalue weighted by molar-refractivity contribution is 5.96. The molecule has 1 aromatic rings. The highest BCUT2D eigenvalue weighted by Gasteiger charge is 2.62. The molecule has 0 unspecified atom stereocenters.